The minimum Gasteiger partial charge on any atom is -0.303 e. The molecule has 0 bridgehead atoms. The van der Waals surface area contributed by atoms with Gasteiger partial charge >= 0.3 is 0 Å². The van der Waals surface area contributed by atoms with E-state index >= 15 is 0 Å². The first-order valence-electron chi connectivity index (χ1n) is 7.42. The molecular formula is C16H27N. The number of unbranched alkanes of at least 4 members (excludes halogenated alkanes) is 1. The Morgan fingerprint density at radius 2 is 2.00 bits per heavy atom. The molecule has 0 N–H and O–H groups in total. The second-order valence-corrected chi connectivity index (χ2v) is 5.74. The maximum atomic E-state index is 2.66. The average Bonchev–Trinajstić information content (AvgIpc) is 2.38. The van der Waals surface area contributed by atoms with Crippen molar-refractivity contribution < 1.29 is 0 Å². The lowest BCUT2D eigenvalue weighted by atomic mass is 9.98. The van der Waals surface area contributed by atoms with Gasteiger partial charge in [0.25, 0.3) is 0 Å². The molecule has 1 heterocycles. The van der Waals surface area contributed by atoms with Crippen LogP contribution in [0.15, 0.2) is 23.8 Å². The molecule has 0 saturated carbocycles. The second kappa shape index (κ2) is 7.00. The lowest BCUT2D eigenvalue weighted by Gasteiger charge is -2.30. The Morgan fingerprint density at radius 3 is 2.71 bits per heavy atom. The SMILES string of the molecule is CC1CCN(CCCCC2=CCCC=C2)CC1. The Morgan fingerprint density at radius 1 is 1.18 bits per heavy atom. The van der Waals surface area contributed by atoms with Crippen molar-refractivity contribution in [3.8, 4) is 0 Å². The fraction of sp³-hybridized carbons (Fsp3) is 0.750. The van der Waals surface area contributed by atoms with E-state index in [2.05, 4.69) is 30.1 Å². The van der Waals surface area contributed by atoms with Crippen LogP contribution in [0.4, 0.5) is 0 Å². The summed E-state index contributed by atoms with van der Waals surface area (Å²) in [5.74, 6) is 0.962. The molecule has 96 valence electrons. The first kappa shape index (κ1) is 12.9. The molecule has 0 radical (unpaired) electrons. The van der Waals surface area contributed by atoms with Crippen molar-refractivity contribution in [2.24, 2.45) is 5.92 Å². The molecule has 1 fully saturated rings. The summed E-state index contributed by atoms with van der Waals surface area (Å²) in [7, 11) is 0. The number of rotatable bonds is 5. The third-order valence-corrected chi connectivity index (χ3v) is 4.14. The largest absolute Gasteiger partial charge is 0.303 e. The van der Waals surface area contributed by atoms with Crippen LogP contribution in [-0.4, -0.2) is 24.5 Å². The van der Waals surface area contributed by atoms with E-state index in [1.807, 2.05) is 0 Å². The zero-order valence-corrected chi connectivity index (χ0v) is 11.3. The molecule has 0 unspecified atom stereocenters. The predicted octanol–water partition coefficient (Wildman–Crippen LogP) is 4.17. The summed E-state index contributed by atoms with van der Waals surface area (Å²) in [5.41, 5.74) is 1.57. The van der Waals surface area contributed by atoms with Gasteiger partial charge in [0.2, 0.25) is 0 Å². The van der Waals surface area contributed by atoms with Gasteiger partial charge in [0.1, 0.15) is 0 Å². The zero-order chi connectivity index (χ0) is 11.9. The Hall–Kier alpha value is -0.560. The van der Waals surface area contributed by atoms with Gasteiger partial charge in [-0.3, -0.25) is 0 Å². The lowest BCUT2D eigenvalue weighted by molar-refractivity contribution is 0.189. The van der Waals surface area contributed by atoms with Gasteiger partial charge in [-0.2, -0.15) is 0 Å². The fourth-order valence-electron chi connectivity index (χ4n) is 2.80. The molecule has 0 spiro atoms. The molecule has 1 heteroatoms. The number of hydrogen-bond donors (Lipinski definition) is 0. The molecule has 1 nitrogen and oxygen atoms in total. The molecule has 0 aromatic rings. The van der Waals surface area contributed by atoms with Crippen LogP contribution in [0.25, 0.3) is 0 Å². The molecule has 0 atom stereocenters. The van der Waals surface area contributed by atoms with E-state index in [1.165, 1.54) is 64.6 Å². The molecule has 17 heavy (non-hydrogen) atoms. The maximum Gasteiger partial charge on any atom is -0.00162 e. The highest BCUT2D eigenvalue weighted by Gasteiger charge is 2.14. The summed E-state index contributed by atoms with van der Waals surface area (Å²) in [5, 5.41) is 0. The van der Waals surface area contributed by atoms with Gasteiger partial charge in [0.15, 0.2) is 0 Å². The van der Waals surface area contributed by atoms with Crippen molar-refractivity contribution in [3.63, 3.8) is 0 Å². The summed E-state index contributed by atoms with van der Waals surface area (Å²) in [4.78, 5) is 2.66. The van der Waals surface area contributed by atoms with E-state index in [0.717, 1.165) is 5.92 Å². The Bertz CT molecular complexity index is 269. The van der Waals surface area contributed by atoms with E-state index in [1.54, 1.807) is 5.57 Å². The van der Waals surface area contributed by atoms with Crippen molar-refractivity contribution in [1.82, 2.24) is 4.90 Å². The summed E-state index contributed by atoms with van der Waals surface area (Å²) >= 11 is 0. The summed E-state index contributed by atoms with van der Waals surface area (Å²) in [6.45, 7) is 6.39. The van der Waals surface area contributed by atoms with Crippen molar-refractivity contribution in [1.29, 1.82) is 0 Å². The van der Waals surface area contributed by atoms with Crippen molar-refractivity contribution in [2.75, 3.05) is 19.6 Å². The molecule has 0 aromatic heterocycles. The van der Waals surface area contributed by atoms with Gasteiger partial charge in [-0.05, 0) is 70.5 Å². The van der Waals surface area contributed by atoms with E-state index in [4.69, 9.17) is 0 Å². The van der Waals surface area contributed by atoms with Gasteiger partial charge in [0.05, 0.1) is 0 Å². The molecular weight excluding hydrogens is 206 g/mol. The van der Waals surface area contributed by atoms with Crippen LogP contribution in [-0.2, 0) is 0 Å². The first-order valence-corrected chi connectivity index (χ1v) is 7.42. The van der Waals surface area contributed by atoms with E-state index in [9.17, 15) is 0 Å². The topological polar surface area (TPSA) is 3.24 Å². The lowest BCUT2D eigenvalue weighted by Crippen LogP contribution is -2.33. The van der Waals surface area contributed by atoms with Gasteiger partial charge < -0.3 is 4.90 Å². The minimum absolute atomic E-state index is 0.962. The minimum atomic E-state index is 0.962. The standard InChI is InChI=1S/C16H27N/c1-15-10-13-17(14-11-15)12-6-5-9-16-7-3-2-4-8-16/h3,7-8,15H,2,4-6,9-14H2,1H3. The quantitative estimate of drug-likeness (QED) is 0.644. The van der Waals surface area contributed by atoms with E-state index in [-0.39, 0.29) is 0 Å². The number of piperidine rings is 1. The van der Waals surface area contributed by atoms with Crippen molar-refractivity contribution in [2.45, 2.75) is 51.9 Å². The van der Waals surface area contributed by atoms with Gasteiger partial charge in [-0.1, -0.05) is 30.7 Å². The maximum absolute atomic E-state index is 2.66. The highest BCUT2D eigenvalue weighted by Crippen LogP contribution is 2.18. The highest BCUT2D eigenvalue weighted by atomic mass is 15.1. The number of nitrogens with zero attached hydrogens (tertiary/aromatic N) is 1. The normalized spacial score (nSPS) is 22.8. The van der Waals surface area contributed by atoms with Crippen LogP contribution in [0.3, 0.4) is 0 Å². The molecule has 2 aliphatic rings. The summed E-state index contributed by atoms with van der Waals surface area (Å²) in [6, 6.07) is 0. The van der Waals surface area contributed by atoms with Crippen LogP contribution >= 0.6 is 0 Å². The van der Waals surface area contributed by atoms with E-state index < -0.39 is 0 Å². The highest BCUT2D eigenvalue weighted by molar-refractivity contribution is 5.21. The Kier molecular flexibility index (Phi) is 5.31. The Balaban J connectivity index is 1.54. The molecule has 0 aromatic carbocycles. The molecule has 1 saturated heterocycles. The van der Waals surface area contributed by atoms with Crippen LogP contribution in [0.2, 0.25) is 0 Å². The third-order valence-electron chi connectivity index (χ3n) is 4.14. The van der Waals surface area contributed by atoms with Crippen LogP contribution < -0.4 is 0 Å². The third kappa shape index (κ3) is 4.67. The fourth-order valence-corrected chi connectivity index (χ4v) is 2.80. The summed E-state index contributed by atoms with van der Waals surface area (Å²) in [6.07, 6.45) is 16.4. The molecule has 1 aliphatic heterocycles. The monoisotopic (exact) mass is 233 g/mol. The first-order chi connectivity index (χ1) is 8.34. The van der Waals surface area contributed by atoms with Gasteiger partial charge in [-0.15, -0.1) is 0 Å². The van der Waals surface area contributed by atoms with Gasteiger partial charge in [-0.25, -0.2) is 0 Å². The molecule has 1 aliphatic carbocycles. The van der Waals surface area contributed by atoms with Crippen molar-refractivity contribution in [3.05, 3.63) is 23.8 Å². The second-order valence-electron chi connectivity index (χ2n) is 5.74. The van der Waals surface area contributed by atoms with Crippen molar-refractivity contribution >= 4 is 0 Å². The molecule has 2 rings (SSSR count). The number of likely N-dealkylation sites (tertiary alicyclic amines) is 1. The van der Waals surface area contributed by atoms with Crippen LogP contribution in [0, 0.1) is 5.92 Å². The van der Waals surface area contributed by atoms with Crippen LogP contribution in [0.1, 0.15) is 51.9 Å². The van der Waals surface area contributed by atoms with E-state index in [0.29, 0.717) is 0 Å². The average molecular weight is 233 g/mol. The summed E-state index contributed by atoms with van der Waals surface area (Å²) < 4.78 is 0. The van der Waals surface area contributed by atoms with Crippen LogP contribution in [0.5, 0.6) is 0 Å². The smallest absolute Gasteiger partial charge is 0.00162 e. The van der Waals surface area contributed by atoms with Gasteiger partial charge in [0, 0.05) is 0 Å². The zero-order valence-electron chi connectivity index (χ0n) is 11.3. The Labute approximate surface area is 107 Å². The number of allylic oxidation sites excluding steroid dienone is 4. The molecule has 0 amide bonds. The predicted molar refractivity (Wildman–Crippen MR) is 75.1 cm³/mol. The number of hydrogen-bond acceptors (Lipinski definition) is 1.